The first-order valence-electron chi connectivity index (χ1n) is 5.49. The van der Waals surface area contributed by atoms with E-state index in [1.165, 1.54) is 11.0 Å². The van der Waals surface area contributed by atoms with E-state index in [9.17, 15) is 18.0 Å². The molecule has 1 atom stereocenters. The smallest absolute Gasteiger partial charge is 0.393 e. The van der Waals surface area contributed by atoms with E-state index in [4.69, 9.17) is 4.42 Å². The van der Waals surface area contributed by atoms with Gasteiger partial charge in [-0.3, -0.25) is 4.79 Å². The van der Waals surface area contributed by atoms with Crippen LogP contribution in [0.2, 0.25) is 0 Å². The highest BCUT2D eigenvalue weighted by Crippen LogP contribution is 2.33. The number of piperidine rings is 1. The number of hydrogen-bond acceptors (Lipinski definition) is 2. The highest BCUT2D eigenvalue weighted by Gasteiger charge is 2.43. The minimum Gasteiger partial charge on any atom is -0.444 e. The van der Waals surface area contributed by atoms with E-state index in [2.05, 4.69) is 15.9 Å². The summed E-state index contributed by atoms with van der Waals surface area (Å²) in [4.78, 5) is 13.1. The molecule has 0 spiro atoms. The third kappa shape index (κ3) is 2.88. The molecule has 0 unspecified atom stereocenters. The molecule has 1 aliphatic rings. The summed E-state index contributed by atoms with van der Waals surface area (Å²) in [6.07, 6.45) is -3.81. The van der Waals surface area contributed by atoms with Crippen LogP contribution in [0.5, 0.6) is 0 Å². The number of nitrogens with zero attached hydrogens (tertiary/aromatic N) is 1. The summed E-state index contributed by atoms with van der Waals surface area (Å²) in [7, 11) is 0. The predicted molar refractivity (Wildman–Crippen MR) is 61.1 cm³/mol. The van der Waals surface area contributed by atoms with E-state index >= 15 is 0 Å². The van der Waals surface area contributed by atoms with Crippen molar-refractivity contribution in [3.63, 3.8) is 0 Å². The largest absolute Gasteiger partial charge is 0.444 e. The Hall–Kier alpha value is -0.980. The number of carbonyl (C=O) groups is 1. The molecular formula is C11H11BrF3NO2. The molecular weight excluding hydrogens is 315 g/mol. The minimum atomic E-state index is -4.25. The number of carbonyl (C=O) groups excluding carboxylic acids is 1. The summed E-state index contributed by atoms with van der Waals surface area (Å²) in [6.45, 7) is 0.0460. The summed E-state index contributed by atoms with van der Waals surface area (Å²) >= 11 is 3.05. The van der Waals surface area contributed by atoms with Crippen LogP contribution in [0.25, 0.3) is 0 Å². The second kappa shape index (κ2) is 4.95. The quantitative estimate of drug-likeness (QED) is 0.792. The van der Waals surface area contributed by atoms with Crippen LogP contribution in [0, 0.1) is 5.92 Å². The third-order valence-electron chi connectivity index (χ3n) is 2.96. The molecule has 1 saturated heterocycles. The molecule has 0 saturated carbocycles. The summed E-state index contributed by atoms with van der Waals surface area (Å²) in [6, 6.07) is 2.99. The Labute approximate surface area is 110 Å². The van der Waals surface area contributed by atoms with Gasteiger partial charge in [0.25, 0.3) is 5.91 Å². The predicted octanol–water partition coefficient (Wildman–Crippen LogP) is 3.46. The number of alkyl halides is 3. The van der Waals surface area contributed by atoms with E-state index in [0.29, 0.717) is 17.6 Å². The van der Waals surface area contributed by atoms with Crippen LogP contribution in [0.4, 0.5) is 13.2 Å². The minimum absolute atomic E-state index is 0.0599. The molecule has 1 fully saturated rings. The molecule has 2 rings (SSSR count). The van der Waals surface area contributed by atoms with Crippen LogP contribution in [0.15, 0.2) is 21.2 Å². The van der Waals surface area contributed by atoms with Crippen LogP contribution in [0.1, 0.15) is 23.4 Å². The molecule has 2 heterocycles. The molecule has 0 radical (unpaired) electrons. The number of rotatable bonds is 1. The zero-order valence-corrected chi connectivity index (χ0v) is 10.9. The van der Waals surface area contributed by atoms with E-state index < -0.39 is 18.0 Å². The number of amides is 1. The Morgan fingerprint density at radius 3 is 2.72 bits per heavy atom. The van der Waals surface area contributed by atoms with Crippen molar-refractivity contribution < 1.29 is 22.4 Å². The second-order valence-electron chi connectivity index (χ2n) is 4.24. The lowest BCUT2D eigenvalue weighted by atomic mass is 9.97. The molecule has 0 N–H and O–H groups in total. The van der Waals surface area contributed by atoms with E-state index in [0.717, 1.165) is 0 Å². The molecule has 1 aromatic rings. The van der Waals surface area contributed by atoms with Gasteiger partial charge in [0.1, 0.15) is 0 Å². The molecule has 100 valence electrons. The molecule has 0 aromatic carbocycles. The van der Waals surface area contributed by atoms with Crippen molar-refractivity contribution >= 4 is 21.8 Å². The Morgan fingerprint density at radius 1 is 1.44 bits per heavy atom. The van der Waals surface area contributed by atoms with E-state index in [-0.39, 0.29) is 18.7 Å². The lowest BCUT2D eigenvalue weighted by molar-refractivity contribution is -0.184. The van der Waals surface area contributed by atoms with Crippen molar-refractivity contribution in [2.24, 2.45) is 5.92 Å². The Bertz CT molecular complexity index is 444. The van der Waals surface area contributed by atoms with Gasteiger partial charge in [0, 0.05) is 13.1 Å². The molecule has 1 aromatic heterocycles. The number of likely N-dealkylation sites (tertiary alicyclic amines) is 1. The fraction of sp³-hybridized carbons (Fsp3) is 0.545. The van der Waals surface area contributed by atoms with Crippen LogP contribution >= 0.6 is 15.9 Å². The van der Waals surface area contributed by atoms with E-state index in [1.54, 1.807) is 6.07 Å². The number of halogens is 4. The van der Waals surface area contributed by atoms with Crippen LogP contribution in [-0.2, 0) is 0 Å². The lowest BCUT2D eigenvalue weighted by Gasteiger charge is -2.33. The fourth-order valence-electron chi connectivity index (χ4n) is 2.01. The van der Waals surface area contributed by atoms with Gasteiger partial charge < -0.3 is 9.32 Å². The van der Waals surface area contributed by atoms with Gasteiger partial charge in [-0.25, -0.2) is 0 Å². The second-order valence-corrected chi connectivity index (χ2v) is 5.02. The first-order chi connectivity index (χ1) is 8.38. The van der Waals surface area contributed by atoms with Gasteiger partial charge in [-0.05, 0) is 40.9 Å². The molecule has 7 heteroatoms. The van der Waals surface area contributed by atoms with Gasteiger partial charge in [0.05, 0.1) is 5.92 Å². The monoisotopic (exact) mass is 325 g/mol. The van der Waals surface area contributed by atoms with Gasteiger partial charge >= 0.3 is 6.18 Å². The number of furan rings is 1. The summed E-state index contributed by atoms with van der Waals surface area (Å²) < 4.78 is 43.3. The molecule has 1 aliphatic heterocycles. The van der Waals surface area contributed by atoms with Gasteiger partial charge in [-0.1, -0.05) is 0 Å². The van der Waals surface area contributed by atoms with Gasteiger partial charge in [-0.2, -0.15) is 13.2 Å². The lowest BCUT2D eigenvalue weighted by Crippen LogP contribution is -2.44. The summed E-state index contributed by atoms with van der Waals surface area (Å²) in [5, 5.41) is 0. The van der Waals surface area contributed by atoms with Crippen molar-refractivity contribution in [2.45, 2.75) is 19.0 Å². The van der Waals surface area contributed by atoms with Crippen molar-refractivity contribution in [1.82, 2.24) is 4.90 Å². The van der Waals surface area contributed by atoms with Crippen molar-refractivity contribution in [3.8, 4) is 0 Å². The SMILES string of the molecule is O=C(c1ccc(Br)o1)N1CCC[C@@H](C(F)(F)F)C1. The van der Waals surface area contributed by atoms with E-state index in [1.807, 2.05) is 0 Å². The zero-order valence-electron chi connectivity index (χ0n) is 9.34. The highest BCUT2D eigenvalue weighted by molar-refractivity contribution is 9.10. The maximum absolute atomic E-state index is 12.6. The molecule has 0 bridgehead atoms. The van der Waals surface area contributed by atoms with Crippen molar-refractivity contribution in [2.75, 3.05) is 13.1 Å². The van der Waals surface area contributed by atoms with Crippen LogP contribution < -0.4 is 0 Å². The Kier molecular flexibility index (Phi) is 3.70. The molecule has 3 nitrogen and oxygen atoms in total. The first-order valence-corrected chi connectivity index (χ1v) is 6.28. The van der Waals surface area contributed by atoms with Crippen molar-refractivity contribution in [3.05, 3.63) is 22.6 Å². The molecule has 1 amide bonds. The normalized spacial score (nSPS) is 21.1. The topological polar surface area (TPSA) is 33.5 Å². The Balaban J connectivity index is 2.07. The molecule has 0 aliphatic carbocycles. The third-order valence-corrected chi connectivity index (χ3v) is 3.38. The standard InChI is InChI=1S/C11H11BrF3NO2/c12-9-4-3-8(18-9)10(17)16-5-1-2-7(6-16)11(13,14)15/h3-4,7H,1-2,5-6H2/t7-/m1/s1. The molecule has 18 heavy (non-hydrogen) atoms. The summed E-state index contributed by atoms with van der Waals surface area (Å²) in [5.41, 5.74) is 0. The van der Waals surface area contributed by atoms with Crippen molar-refractivity contribution in [1.29, 1.82) is 0 Å². The first kappa shape index (κ1) is 13.5. The number of hydrogen-bond donors (Lipinski definition) is 0. The zero-order chi connectivity index (χ0) is 13.3. The Morgan fingerprint density at radius 2 is 2.17 bits per heavy atom. The van der Waals surface area contributed by atoms with Gasteiger partial charge in [0.15, 0.2) is 10.4 Å². The average molecular weight is 326 g/mol. The van der Waals surface area contributed by atoms with Crippen LogP contribution in [0.3, 0.4) is 0 Å². The maximum Gasteiger partial charge on any atom is 0.393 e. The fourth-order valence-corrected chi connectivity index (χ4v) is 2.32. The average Bonchev–Trinajstić information content (AvgIpc) is 2.74. The summed E-state index contributed by atoms with van der Waals surface area (Å²) in [5.74, 6) is -1.87. The highest BCUT2D eigenvalue weighted by atomic mass is 79.9. The van der Waals surface area contributed by atoms with Gasteiger partial charge in [0.2, 0.25) is 0 Å². The van der Waals surface area contributed by atoms with Gasteiger partial charge in [-0.15, -0.1) is 0 Å². The van der Waals surface area contributed by atoms with Crippen LogP contribution in [-0.4, -0.2) is 30.1 Å². The maximum atomic E-state index is 12.6.